The summed E-state index contributed by atoms with van der Waals surface area (Å²) in [5.74, 6) is 0. The molecule has 2 nitrogen and oxygen atoms in total. The van der Waals surface area contributed by atoms with E-state index in [-0.39, 0.29) is 0 Å². The Morgan fingerprint density at radius 1 is 0.306 bits per heavy atom. The van der Waals surface area contributed by atoms with Crippen LogP contribution in [0, 0.1) is 0 Å². The van der Waals surface area contributed by atoms with Gasteiger partial charge >= 0.3 is 0 Å². The molecule has 2 aliphatic carbocycles. The van der Waals surface area contributed by atoms with Gasteiger partial charge in [0.15, 0.2) is 0 Å². The molecule has 1 spiro atoms. The van der Waals surface area contributed by atoms with Gasteiger partial charge in [0.1, 0.15) is 0 Å². The number of thiophene rings is 1. The first-order valence-electron chi connectivity index (χ1n) is 21.4. The summed E-state index contributed by atoms with van der Waals surface area (Å²) in [5, 5.41) is 5.06. The number of rotatable bonds is 6. The van der Waals surface area contributed by atoms with Crippen molar-refractivity contribution in [3.63, 3.8) is 0 Å². The van der Waals surface area contributed by atoms with Crippen LogP contribution in [0.2, 0.25) is 0 Å². The highest BCUT2D eigenvalue weighted by atomic mass is 32.1. The smallest absolute Gasteiger partial charge is 0.0727 e. The monoisotopic (exact) mass is 806 g/mol. The van der Waals surface area contributed by atoms with Crippen molar-refractivity contribution in [2.75, 3.05) is 9.80 Å². The van der Waals surface area contributed by atoms with E-state index in [0.29, 0.717) is 0 Å². The van der Waals surface area contributed by atoms with E-state index in [1.165, 1.54) is 86.8 Å². The van der Waals surface area contributed by atoms with E-state index in [2.05, 4.69) is 240 Å². The highest BCUT2D eigenvalue weighted by Crippen LogP contribution is 2.66. The van der Waals surface area contributed by atoms with Crippen molar-refractivity contribution in [2.45, 2.75) is 5.41 Å². The summed E-state index contributed by atoms with van der Waals surface area (Å²) in [6.45, 7) is 0. The SMILES string of the molecule is c1ccc(N(c2ccccc2)c2cc3c(c4ccccc24)-c2ccccc2C32c3ccccc3-c3c(N(c4ccccc4)c4cccc5c4sc4ccccc45)cccc32)cc1. The van der Waals surface area contributed by atoms with Gasteiger partial charge in [-0.05, 0) is 105 Å². The first-order chi connectivity index (χ1) is 30.8. The molecule has 0 amide bonds. The van der Waals surface area contributed by atoms with Crippen molar-refractivity contribution < 1.29 is 0 Å². The van der Waals surface area contributed by atoms with Gasteiger partial charge in [0.25, 0.3) is 0 Å². The molecule has 0 bridgehead atoms. The van der Waals surface area contributed by atoms with Crippen molar-refractivity contribution in [3.05, 3.63) is 253 Å². The van der Waals surface area contributed by atoms with E-state index >= 15 is 0 Å². The van der Waals surface area contributed by atoms with Crippen LogP contribution in [0.3, 0.4) is 0 Å². The maximum atomic E-state index is 2.53. The van der Waals surface area contributed by atoms with Crippen LogP contribution in [0.1, 0.15) is 22.3 Å². The lowest BCUT2D eigenvalue weighted by atomic mass is 9.70. The second-order valence-corrected chi connectivity index (χ2v) is 17.4. The van der Waals surface area contributed by atoms with Crippen LogP contribution >= 0.6 is 11.3 Å². The Morgan fingerprint density at radius 2 is 0.790 bits per heavy atom. The lowest BCUT2D eigenvalue weighted by molar-refractivity contribution is 0.794. The Morgan fingerprint density at radius 3 is 1.47 bits per heavy atom. The Balaban J connectivity index is 1.15. The zero-order valence-corrected chi connectivity index (χ0v) is 34.6. The molecular weight excluding hydrogens is 769 g/mol. The predicted octanol–water partition coefficient (Wildman–Crippen LogP) is 16.5. The first kappa shape index (κ1) is 35.1. The van der Waals surface area contributed by atoms with Gasteiger partial charge in [0.2, 0.25) is 0 Å². The van der Waals surface area contributed by atoms with Crippen LogP contribution in [-0.4, -0.2) is 0 Å². The molecule has 2 aliphatic rings. The molecule has 11 aromatic rings. The third-order valence-corrected chi connectivity index (χ3v) is 14.4. The zero-order valence-electron chi connectivity index (χ0n) is 33.7. The van der Waals surface area contributed by atoms with E-state index in [4.69, 9.17) is 0 Å². The third kappa shape index (κ3) is 4.85. The predicted molar refractivity (Wildman–Crippen MR) is 263 cm³/mol. The van der Waals surface area contributed by atoms with Gasteiger partial charge in [-0.3, -0.25) is 0 Å². The number of para-hydroxylation sites is 3. The van der Waals surface area contributed by atoms with Crippen molar-refractivity contribution in [3.8, 4) is 22.3 Å². The number of hydrogen-bond acceptors (Lipinski definition) is 3. The maximum absolute atomic E-state index is 2.53. The molecule has 3 heteroatoms. The van der Waals surface area contributed by atoms with Gasteiger partial charge in [-0.1, -0.05) is 170 Å². The van der Waals surface area contributed by atoms with Crippen molar-refractivity contribution in [1.82, 2.24) is 0 Å². The van der Waals surface area contributed by atoms with E-state index in [0.717, 1.165) is 22.7 Å². The Labute approximate surface area is 364 Å². The van der Waals surface area contributed by atoms with Crippen LogP contribution < -0.4 is 9.80 Å². The molecule has 62 heavy (non-hydrogen) atoms. The Kier molecular flexibility index (Phi) is 7.72. The second-order valence-electron chi connectivity index (χ2n) is 16.3. The summed E-state index contributed by atoms with van der Waals surface area (Å²) in [6, 6.07) is 85.2. The Hall–Kier alpha value is -7.72. The van der Waals surface area contributed by atoms with E-state index in [1.54, 1.807) is 0 Å². The average molecular weight is 807 g/mol. The average Bonchev–Trinajstić information content (AvgIpc) is 3.98. The standard InChI is InChI=1S/C59H38N2S/c1-4-20-39(21-5-1)60(40-22-6-2-7-23-40)54-38-51-56(44-28-11-10-26-42(44)54)46-29-12-15-32-48(46)59(51)49-33-16-13-30-47(49)57-50(59)34-19-35-52(57)61(41-24-8-3-9-25-41)53-36-18-31-45-43-27-14-17-37-55(43)62-58(45)53/h1-38H. The maximum Gasteiger partial charge on any atom is 0.0727 e. The molecule has 290 valence electrons. The van der Waals surface area contributed by atoms with Crippen LogP contribution in [-0.2, 0) is 5.41 Å². The fourth-order valence-corrected chi connectivity index (χ4v) is 12.1. The molecule has 0 radical (unpaired) electrons. The van der Waals surface area contributed by atoms with E-state index in [9.17, 15) is 0 Å². The van der Waals surface area contributed by atoms with Crippen LogP contribution in [0.4, 0.5) is 34.1 Å². The van der Waals surface area contributed by atoms with E-state index in [1.807, 2.05) is 11.3 Å². The van der Waals surface area contributed by atoms with Crippen molar-refractivity contribution in [2.24, 2.45) is 0 Å². The quantitative estimate of drug-likeness (QED) is 0.165. The van der Waals surface area contributed by atoms with Gasteiger partial charge < -0.3 is 9.80 Å². The minimum atomic E-state index is -0.586. The number of benzene rings is 10. The number of anilines is 6. The molecule has 0 saturated carbocycles. The van der Waals surface area contributed by atoms with Gasteiger partial charge in [-0.15, -0.1) is 11.3 Å². The fraction of sp³-hybridized carbons (Fsp3) is 0.0169. The number of fused-ring (bicyclic) bond motifs is 15. The highest BCUT2D eigenvalue weighted by molar-refractivity contribution is 7.26. The van der Waals surface area contributed by atoms with Gasteiger partial charge in [-0.25, -0.2) is 0 Å². The first-order valence-corrected chi connectivity index (χ1v) is 22.2. The second kappa shape index (κ2) is 13.7. The normalized spacial score (nSPS) is 14.5. The topological polar surface area (TPSA) is 6.48 Å². The molecule has 0 aliphatic heterocycles. The van der Waals surface area contributed by atoms with Gasteiger partial charge in [0, 0.05) is 43.5 Å². The highest BCUT2D eigenvalue weighted by Gasteiger charge is 2.53. The molecule has 0 saturated heterocycles. The molecule has 10 aromatic carbocycles. The fourth-order valence-electron chi connectivity index (χ4n) is 10.9. The third-order valence-electron chi connectivity index (χ3n) is 13.2. The van der Waals surface area contributed by atoms with Crippen molar-refractivity contribution >= 4 is 76.4 Å². The van der Waals surface area contributed by atoms with E-state index < -0.39 is 5.41 Å². The molecule has 1 unspecified atom stereocenters. The Bertz CT molecular complexity index is 3500. The molecule has 13 rings (SSSR count). The minimum absolute atomic E-state index is 0.586. The van der Waals surface area contributed by atoms with Crippen LogP contribution in [0.5, 0.6) is 0 Å². The largest absolute Gasteiger partial charge is 0.310 e. The molecule has 1 heterocycles. The number of hydrogen-bond donors (Lipinski definition) is 0. The van der Waals surface area contributed by atoms with Gasteiger partial charge in [-0.2, -0.15) is 0 Å². The van der Waals surface area contributed by atoms with Crippen LogP contribution in [0.15, 0.2) is 231 Å². The zero-order chi connectivity index (χ0) is 40.8. The molecule has 1 atom stereocenters. The lowest BCUT2D eigenvalue weighted by Crippen LogP contribution is -2.26. The summed E-state index contributed by atoms with van der Waals surface area (Å²) in [5.41, 5.74) is 16.7. The van der Waals surface area contributed by atoms with Crippen molar-refractivity contribution in [1.29, 1.82) is 0 Å². The summed E-state index contributed by atoms with van der Waals surface area (Å²) in [6.07, 6.45) is 0. The summed E-state index contributed by atoms with van der Waals surface area (Å²) < 4.78 is 2.58. The molecule has 0 N–H and O–H groups in total. The minimum Gasteiger partial charge on any atom is -0.310 e. The number of nitrogens with zero attached hydrogens (tertiary/aromatic N) is 2. The summed E-state index contributed by atoms with van der Waals surface area (Å²) >= 11 is 1.88. The van der Waals surface area contributed by atoms with Crippen LogP contribution in [0.25, 0.3) is 53.2 Å². The molecule has 0 fully saturated rings. The summed E-state index contributed by atoms with van der Waals surface area (Å²) in [4.78, 5) is 4.97. The summed E-state index contributed by atoms with van der Waals surface area (Å²) in [7, 11) is 0. The molecule has 1 aromatic heterocycles. The lowest BCUT2D eigenvalue weighted by Gasteiger charge is -2.33. The molecular formula is C59H38N2S. The van der Waals surface area contributed by atoms with Gasteiger partial charge in [0.05, 0.1) is 27.2 Å².